The molecule has 0 aliphatic carbocycles. The molecule has 2 rings (SSSR count). The molecule has 0 unspecified atom stereocenters. The van der Waals surface area contributed by atoms with Crippen molar-refractivity contribution in [2.75, 3.05) is 31.6 Å². The van der Waals surface area contributed by atoms with Crippen LogP contribution in [0.3, 0.4) is 0 Å². The van der Waals surface area contributed by atoms with E-state index in [0.29, 0.717) is 30.4 Å². The minimum atomic E-state index is -3.89. The van der Waals surface area contributed by atoms with Crippen molar-refractivity contribution in [1.82, 2.24) is 4.31 Å². The van der Waals surface area contributed by atoms with E-state index in [1.165, 1.54) is 18.2 Å². The molecule has 1 N–H and O–H groups in total. The van der Waals surface area contributed by atoms with Crippen LogP contribution >= 0.6 is 11.6 Å². The van der Waals surface area contributed by atoms with Crippen LogP contribution in [0.25, 0.3) is 0 Å². The molecule has 1 amide bonds. The Kier molecular flexibility index (Phi) is 8.31. The Balaban J connectivity index is 2.11. The monoisotopic (exact) mass is 440 g/mol. The van der Waals surface area contributed by atoms with E-state index in [1.54, 1.807) is 31.2 Å². The molecule has 9 heteroatoms. The van der Waals surface area contributed by atoms with Gasteiger partial charge in [-0.1, -0.05) is 18.5 Å². The maximum atomic E-state index is 12.9. The van der Waals surface area contributed by atoms with E-state index in [2.05, 4.69) is 5.32 Å². The first-order valence-electron chi connectivity index (χ1n) is 9.27. The second kappa shape index (κ2) is 10.5. The third-order valence-corrected chi connectivity index (χ3v) is 6.17. The zero-order valence-corrected chi connectivity index (χ0v) is 18.2. The Bertz CT molecular complexity index is 932. The third-order valence-electron chi connectivity index (χ3n) is 3.96. The van der Waals surface area contributed by atoms with Crippen LogP contribution in [0.4, 0.5) is 5.69 Å². The lowest BCUT2D eigenvalue weighted by atomic mass is 10.3. The Morgan fingerprint density at radius 3 is 2.24 bits per heavy atom. The van der Waals surface area contributed by atoms with Gasteiger partial charge in [-0.05, 0) is 56.3 Å². The number of amides is 1. The summed E-state index contributed by atoms with van der Waals surface area (Å²) in [5, 5.41) is 2.89. The summed E-state index contributed by atoms with van der Waals surface area (Å²) in [6, 6.07) is 11.1. The van der Waals surface area contributed by atoms with Crippen molar-refractivity contribution in [2.24, 2.45) is 0 Å². The summed E-state index contributed by atoms with van der Waals surface area (Å²) in [4.78, 5) is 12.4. The zero-order valence-electron chi connectivity index (χ0n) is 16.6. The van der Waals surface area contributed by atoms with Gasteiger partial charge in [-0.2, -0.15) is 4.31 Å². The largest absolute Gasteiger partial charge is 0.494 e. The van der Waals surface area contributed by atoms with Crippen LogP contribution < -0.4 is 14.8 Å². The highest BCUT2D eigenvalue weighted by molar-refractivity contribution is 7.89. The molecule has 0 saturated heterocycles. The summed E-state index contributed by atoms with van der Waals surface area (Å²) in [5.41, 5.74) is 0.552. The number of nitrogens with one attached hydrogen (secondary N) is 1. The molecule has 0 radical (unpaired) electrons. The SMILES string of the molecule is CCOc1ccc(NC(=O)CN(CC)S(=O)(=O)c2ccc(OCC)c(Cl)c2)cc1. The predicted octanol–water partition coefficient (Wildman–Crippen LogP) is 3.79. The number of hydrogen-bond donors (Lipinski definition) is 1. The van der Waals surface area contributed by atoms with Crippen molar-refractivity contribution in [3.05, 3.63) is 47.5 Å². The molecular weight excluding hydrogens is 416 g/mol. The number of sulfonamides is 1. The Hall–Kier alpha value is -2.29. The minimum Gasteiger partial charge on any atom is -0.494 e. The molecular formula is C20H25ClN2O5S. The van der Waals surface area contributed by atoms with E-state index in [4.69, 9.17) is 21.1 Å². The normalized spacial score (nSPS) is 11.3. The van der Waals surface area contributed by atoms with E-state index in [-0.39, 0.29) is 23.0 Å². The average molecular weight is 441 g/mol. The van der Waals surface area contributed by atoms with Crippen molar-refractivity contribution in [1.29, 1.82) is 0 Å². The second-order valence-electron chi connectivity index (χ2n) is 5.96. The molecule has 0 heterocycles. The van der Waals surface area contributed by atoms with Crippen molar-refractivity contribution < 1.29 is 22.7 Å². The average Bonchev–Trinajstić information content (AvgIpc) is 2.69. The van der Waals surface area contributed by atoms with Crippen molar-refractivity contribution in [3.8, 4) is 11.5 Å². The van der Waals surface area contributed by atoms with Crippen LogP contribution in [-0.2, 0) is 14.8 Å². The fraction of sp³-hybridized carbons (Fsp3) is 0.350. The van der Waals surface area contributed by atoms with Gasteiger partial charge in [0.25, 0.3) is 0 Å². The third kappa shape index (κ3) is 6.09. The van der Waals surface area contributed by atoms with Crippen molar-refractivity contribution in [2.45, 2.75) is 25.7 Å². The topological polar surface area (TPSA) is 84.9 Å². The summed E-state index contributed by atoms with van der Waals surface area (Å²) in [7, 11) is -3.89. The van der Waals surface area contributed by atoms with E-state index in [1.807, 2.05) is 13.8 Å². The Morgan fingerprint density at radius 2 is 1.69 bits per heavy atom. The molecule has 158 valence electrons. The molecule has 2 aromatic carbocycles. The van der Waals surface area contributed by atoms with Crippen molar-refractivity contribution in [3.63, 3.8) is 0 Å². The first-order valence-corrected chi connectivity index (χ1v) is 11.1. The van der Waals surface area contributed by atoms with Crippen LogP contribution in [0.15, 0.2) is 47.4 Å². The van der Waals surface area contributed by atoms with Gasteiger partial charge in [-0.3, -0.25) is 4.79 Å². The van der Waals surface area contributed by atoms with Gasteiger partial charge in [0, 0.05) is 12.2 Å². The lowest BCUT2D eigenvalue weighted by Crippen LogP contribution is -2.37. The minimum absolute atomic E-state index is 0.00155. The Labute approximate surface area is 176 Å². The molecule has 0 bridgehead atoms. The Morgan fingerprint density at radius 1 is 1.03 bits per heavy atom. The van der Waals surface area contributed by atoms with Gasteiger partial charge in [-0.25, -0.2) is 8.42 Å². The maximum absolute atomic E-state index is 12.9. The molecule has 0 aliphatic heterocycles. The highest BCUT2D eigenvalue weighted by Gasteiger charge is 2.26. The molecule has 0 spiro atoms. The fourth-order valence-electron chi connectivity index (χ4n) is 2.59. The van der Waals surface area contributed by atoms with Crippen molar-refractivity contribution >= 4 is 33.2 Å². The number of rotatable bonds is 10. The molecule has 0 saturated carbocycles. The quantitative estimate of drug-likeness (QED) is 0.607. The number of ether oxygens (including phenoxy) is 2. The van der Waals surface area contributed by atoms with E-state index in [9.17, 15) is 13.2 Å². The highest BCUT2D eigenvalue weighted by atomic mass is 35.5. The molecule has 0 fully saturated rings. The maximum Gasteiger partial charge on any atom is 0.243 e. The van der Waals surface area contributed by atoms with E-state index in [0.717, 1.165) is 4.31 Å². The number of hydrogen-bond acceptors (Lipinski definition) is 5. The lowest BCUT2D eigenvalue weighted by molar-refractivity contribution is -0.116. The molecule has 0 aliphatic rings. The van der Waals surface area contributed by atoms with Gasteiger partial charge in [0.15, 0.2) is 0 Å². The highest BCUT2D eigenvalue weighted by Crippen LogP contribution is 2.28. The zero-order chi connectivity index (χ0) is 21.4. The van der Waals surface area contributed by atoms with Gasteiger partial charge >= 0.3 is 0 Å². The summed E-state index contributed by atoms with van der Waals surface area (Å²) in [6.07, 6.45) is 0. The van der Waals surface area contributed by atoms with Gasteiger partial charge in [-0.15, -0.1) is 0 Å². The van der Waals surface area contributed by atoms with Crippen LogP contribution in [-0.4, -0.2) is 44.9 Å². The number of benzene rings is 2. The molecule has 0 aromatic heterocycles. The van der Waals surface area contributed by atoms with Crippen LogP contribution in [0.5, 0.6) is 11.5 Å². The number of anilines is 1. The molecule has 2 aromatic rings. The van der Waals surface area contributed by atoms with Gasteiger partial charge in [0.2, 0.25) is 15.9 Å². The van der Waals surface area contributed by atoms with E-state index < -0.39 is 15.9 Å². The number of halogens is 1. The smallest absolute Gasteiger partial charge is 0.243 e. The molecule has 7 nitrogen and oxygen atoms in total. The van der Waals surface area contributed by atoms with Gasteiger partial charge in [0.1, 0.15) is 11.5 Å². The van der Waals surface area contributed by atoms with Gasteiger partial charge < -0.3 is 14.8 Å². The lowest BCUT2D eigenvalue weighted by Gasteiger charge is -2.20. The molecule has 29 heavy (non-hydrogen) atoms. The number of likely N-dealkylation sites (N-methyl/N-ethyl adjacent to an activating group) is 1. The first kappa shape index (κ1) is 23.0. The first-order chi connectivity index (χ1) is 13.8. The number of carbonyl (C=O) groups excluding carboxylic acids is 1. The summed E-state index contributed by atoms with van der Waals surface area (Å²) >= 11 is 6.11. The summed E-state index contributed by atoms with van der Waals surface area (Å²) in [5.74, 6) is 0.650. The second-order valence-corrected chi connectivity index (χ2v) is 8.31. The van der Waals surface area contributed by atoms with Crippen LogP contribution in [0, 0.1) is 0 Å². The van der Waals surface area contributed by atoms with Crippen LogP contribution in [0.2, 0.25) is 5.02 Å². The van der Waals surface area contributed by atoms with Crippen LogP contribution in [0.1, 0.15) is 20.8 Å². The van der Waals surface area contributed by atoms with Gasteiger partial charge in [0.05, 0.1) is 29.7 Å². The predicted molar refractivity (Wildman–Crippen MR) is 113 cm³/mol. The molecule has 0 atom stereocenters. The van der Waals surface area contributed by atoms with E-state index >= 15 is 0 Å². The summed E-state index contributed by atoms with van der Waals surface area (Å²) < 4.78 is 37.6. The summed E-state index contributed by atoms with van der Waals surface area (Å²) in [6.45, 7) is 6.12. The number of carbonyl (C=O) groups is 1. The fourth-order valence-corrected chi connectivity index (χ4v) is 4.32. The number of nitrogens with zero attached hydrogens (tertiary/aromatic N) is 1. The standard InChI is InChI=1S/C20H25ClN2O5S/c1-4-23(14-20(24)22-15-7-9-16(10-8-15)27-5-2)29(25,26)17-11-12-19(28-6-3)18(21)13-17/h7-13H,4-6,14H2,1-3H3,(H,22,24).